The topological polar surface area (TPSA) is 64.6 Å². The Kier molecular flexibility index (Phi) is 9.66. The van der Waals surface area contributed by atoms with Crippen molar-refractivity contribution >= 4 is 18.5 Å². The molecule has 0 radical (unpaired) electrons. The number of benzene rings is 1. The van der Waals surface area contributed by atoms with Crippen molar-refractivity contribution in [1.29, 1.82) is 0 Å². The average molecular weight is 361 g/mol. The molecule has 0 unspecified atom stereocenters. The van der Waals surface area contributed by atoms with E-state index in [-0.39, 0.29) is 11.6 Å². The van der Waals surface area contributed by atoms with Gasteiger partial charge in [0.25, 0.3) is 6.47 Å². The highest BCUT2D eigenvalue weighted by molar-refractivity contribution is 5.89. The van der Waals surface area contributed by atoms with Gasteiger partial charge in [-0.3, -0.25) is 4.79 Å². The Hall–Kier alpha value is -2.14. The summed E-state index contributed by atoms with van der Waals surface area (Å²) < 4.78 is 9.22. The van der Waals surface area contributed by atoms with Crippen molar-refractivity contribution in [1.82, 2.24) is 5.32 Å². The maximum atomic E-state index is 11.3. The van der Waals surface area contributed by atoms with Crippen LogP contribution < -0.4 is 5.32 Å². The van der Waals surface area contributed by atoms with Gasteiger partial charge >= 0.3 is 5.97 Å². The van der Waals surface area contributed by atoms with Crippen LogP contribution in [0, 0.1) is 5.92 Å². The molecule has 0 spiro atoms. The van der Waals surface area contributed by atoms with Crippen molar-refractivity contribution in [3.8, 4) is 0 Å². The van der Waals surface area contributed by atoms with E-state index in [9.17, 15) is 9.59 Å². The molecule has 1 heterocycles. The summed E-state index contributed by atoms with van der Waals surface area (Å²) in [7, 11) is 1.40. The van der Waals surface area contributed by atoms with Crippen LogP contribution in [0.15, 0.2) is 30.3 Å². The summed E-state index contributed by atoms with van der Waals surface area (Å²) in [6.07, 6.45) is 8.05. The van der Waals surface area contributed by atoms with Crippen LogP contribution in [0.4, 0.5) is 0 Å². The summed E-state index contributed by atoms with van der Waals surface area (Å²) in [6, 6.07) is 7.50. The van der Waals surface area contributed by atoms with Gasteiger partial charge in [0.15, 0.2) is 0 Å². The second-order valence-corrected chi connectivity index (χ2v) is 7.27. The van der Waals surface area contributed by atoms with Crippen molar-refractivity contribution in [2.75, 3.05) is 20.2 Å². The molecule has 26 heavy (non-hydrogen) atoms. The van der Waals surface area contributed by atoms with Crippen LogP contribution in [0.25, 0.3) is 6.08 Å². The molecular weight excluding hydrogens is 330 g/mol. The molecule has 1 aromatic carbocycles. The first-order chi connectivity index (χ1) is 12.4. The minimum Gasteiger partial charge on any atom is -0.465 e. The van der Waals surface area contributed by atoms with E-state index in [0.29, 0.717) is 12.0 Å². The molecule has 0 aromatic heterocycles. The molecule has 0 atom stereocenters. The lowest BCUT2D eigenvalue weighted by Gasteiger charge is -2.20. The number of ether oxygens (including phenoxy) is 2. The van der Waals surface area contributed by atoms with Gasteiger partial charge in [-0.25, -0.2) is 4.79 Å². The van der Waals surface area contributed by atoms with Crippen molar-refractivity contribution in [2.24, 2.45) is 5.92 Å². The zero-order valence-corrected chi connectivity index (χ0v) is 16.3. The monoisotopic (exact) mass is 361 g/mol. The fraction of sp³-hybridized carbons (Fsp3) is 0.524. The number of hydrogen-bond acceptors (Lipinski definition) is 5. The number of allylic oxidation sites excluding steroid dienone is 1. The van der Waals surface area contributed by atoms with Crippen LogP contribution in [0.2, 0.25) is 0 Å². The number of rotatable bonds is 5. The Labute approximate surface area is 156 Å². The van der Waals surface area contributed by atoms with Crippen LogP contribution in [0.1, 0.15) is 56.0 Å². The van der Waals surface area contributed by atoms with E-state index in [1.54, 1.807) is 12.1 Å². The number of methoxy groups -OCH3 is 1. The SMILES string of the molecule is CC(C)(C)OC=O.COC(=O)c1ccc(C=CCC2CCNCC2)cc1. The van der Waals surface area contributed by atoms with Gasteiger partial charge in [-0.15, -0.1) is 0 Å². The van der Waals surface area contributed by atoms with Gasteiger partial charge in [0.1, 0.15) is 5.60 Å². The molecule has 0 aliphatic carbocycles. The number of hydrogen-bond donors (Lipinski definition) is 1. The van der Waals surface area contributed by atoms with Crippen LogP contribution in [0.3, 0.4) is 0 Å². The number of nitrogens with one attached hydrogen (secondary N) is 1. The van der Waals surface area contributed by atoms with E-state index in [1.807, 2.05) is 32.9 Å². The van der Waals surface area contributed by atoms with E-state index >= 15 is 0 Å². The Morgan fingerprint density at radius 3 is 2.27 bits per heavy atom. The molecule has 0 amide bonds. The van der Waals surface area contributed by atoms with E-state index in [0.717, 1.165) is 31.0 Å². The summed E-state index contributed by atoms with van der Waals surface area (Å²) in [5, 5.41) is 3.38. The third kappa shape index (κ3) is 9.37. The van der Waals surface area contributed by atoms with E-state index < -0.39 is 0 Å². The normalized spacial score (nSPS) is 15.1. The van der Waals surface area contributed by atoms with Gasteiger partial charge in [-0.1, -0.05) is 24.3 Å². The maximum absolute atomic E-state index is 11.3. The fourth-order valence-electron chi connectivity index (χ4n) is 2.51. The van der Waals surface area contributed by atoms with Gasteiger partial charge in [0, 0.05) is 0 Å². The fourth-order valence-corrected chi connectivity index (χ4v) is 2.51. The quantitative estimate of drug-likeness (QED) is 0.638. The van der Waals surface area contributed by atoms with Crippen LogP contribution >= 0.6 is 0 Å². The van der Waals surface area contributed by atoms with E-state index in [2.05, 4.69) is 26.9 Å². The van der Waals surface area contributed by atoms with Crippen molar-refractivity contribution in [3.63, 3.8) is 0 Å². The second kappa shape index (κ2) is 11.5. The summed E-state index contributed by atoms with van der Waals surface area (Å²) in [5.74, 6) is 0.525. The molecule has 144 valence electrons. The Morgan fingerprint density at radius 1 is 1.19 bits per heavy atom. The molecule has 5 heteroatoms. The first kappa shape index (κ1) is 21.9. The van der Waals surface area contributed by atoms with Crippen LogP contribution in [-0.2, 0) is 14.3 Å². The third-order valence-electron chi connectivity index (χ3n) is 3.97. The lowest BCUT2D eigenvalue weighted by atomic mass is 9.94. The highest BCUT2D eigenvalue weighted by Gasteiger charge is 2.10. The van der Waals surface area contributed by atoms with Gasteiger partial charge in [-0.05, 0) is 76.7 Å². The molecule has 2 rings (SSSR count). The summed E-state index contributed by atoms with van der Waals surface area (Å²) in [4.78, 5) is 20.9. The first-order valence-corrected chi connectivity index (χ1v) is 9.03. The van der Waals surface area contributed by atoms with Gasteiger partial charge in [0.05, 0.1) is 12.7 Å². The second-order valence-electron chi connectivity index (χ2n) is 7.27. The summed E-state index contributed by atoms with van der Waals surface area (Å²) >= 11 is 0. The number of piperidine rings is 1. The van der Waals surface area contributed by atoms with E-state index in [4.69, 9.17) is 0 Å². The largest absolute Gasteiger partial charge is 0.465 e. The molecule has 1 aliphatic heterocycles. The molecule has 1 saturated heterocycles. The zero-order valence-electron chi connectivity index (χ0n) is 16.3. The molecular formula is C21H31NO4. The minimum absolute atomic E-state index is 0.287. The lowest BCUT2D eigenvalue weighted by Crippen LogP contribution is -2.27. The highest BCUT2D eigenvalue weighted by Crippen LogP contribution is 2.17. The zero-order chi connectivity index (χ0) is 19.4. The predicted octanol–water partition coefficient (Wildman–Crippen LogP) is 3.83. The predicted molar refractivity (Wildman–Crippen MR) is 104 cm³/mol. The Morgan fingerprint density at radius 2 is 1.81 bits per heavy atom. The highest BCUT2D eigenvalue weighted by atomic mass is 16.5. The molecule has 1 fully saturated rings. The molecule has 0 saturated carbocycles. The molecule has 1 aliphatic rings. The Bertz CT molecular complexity index is 567. The molecule has 1 aromatic rings. The lowest BCUT2D eigenvalue weighted by molar-refractivity contribution is -0.138. The number of carbonyl (C=O) groups is 2. The maximum Gasteiger partial charge on any atom is 0.337 e. The third-order valence-corrected chi connectivity index (χ3v) is 3.97. The Balaban J connectivity index is 0.000000412. The van der Waals surface area contributed by atoms with Crippen molar-refractivity contribution in [2.45, 2.75) is 45.6 Å². The molecule has 1 N–H and O–H groups in total. The van der Waals surface area contributed by atoms with E-state index in [1.165, 1.54) is 20.0 Å². The summed E-state index contributed by atoms with van der Waals surface area (Å²) in [5.41, 5.74) is 1.40. The molecule has 0 bridgehead atoms. The van der Waals surface area contributed by atoms with Gasteiger partial charge < -0.3 is 14.8 Å². The van der Waals surface area contributed by atoms with Gasteiger partial charge in [0.2, 0.25) is 0 Å². The number of carbonyl (C=O) groups excluding carboxylic acids is 2. The van der Waals surface area contributed by atoms with Crippen molar-refractivity contribution in [3.05, 3.63) is 41.5 Å². The average Bonchev–Trinajstić information content (AvgIpc) is 2.62. The van der Waals surface area contributed by atoms with Gasteiger partial charge in [-0.2, -0.15) is 0 Å². The number of esters is 1. The summed E-state index contributed by atoms with van der Waals surface area (Å²) in [6.45, 7) is 8.21. The standard InChI is InChI=1S/C16H21NO2.C5H10O2/c1-19-16(18)15-7-5-13(6-8-15)3-2-4-14-9-11-17-12-10-14;1-5(2,3)7-4-6/h2-3,5-8,14,17H,4,9-12H2,1H3;4H,1-3H3. The van der Waals surface area contributed by atoms with Crippen LogP contribution in [-0.4, -0.2) is 38.2 Å². The minimum atomic E-state index is -0.318. The molecule has 5 nitrogen and oxygen atoms in total. The first-order valence-electron chi connectivity index (χ1n) is 9.03. The smallest absolute Gasteiger partial charge is 0.337 e. The van der Waals surface area contributed by atoms with Crippen LogP contribution in [0.5, 0.6) is 0 Å². The van der Waals surface area contributed by atoms with Crippen molar-refractivity contribution < 1.29 is 19.1 Å².